The molecule has 3 atom stereocenters. The topological polar surface area (TPSA) is 87.5 Å². The summed E-state index contributed by atoms with van der Waals surface area (Å²) in [6.07, 6.45) is 3.33. The lowest BCUT2D eigenvalue weighted by atomic mass is 9.92. The van der Waals surface area contributed by atoms with E-state index in [1.807, 2.05) is 6.92 Å². The number of hydrogen-bond donors (Lipinski definition) is 2. The van der Waals surface area contributed by atoms with E-state index in [0.29, 0.717) is 12.1 Å². The highest BCUT2D eigenvalue weighted by molar-refractivity contribution is 5.74. The molecule has 0 bridgehead atoms. The van der Waals surface area contributed by atoms with Crippen molar-refractivity contribution in [1.29, 1.82) is 0 Å². The number of amides is 2. The number of non-ortho nitro benzene ring substituents is 1. The number of nitro benzene ring substituents is 1. The first-order chi connectivity index (χ1) is 12.8. The molecule has 27 heavy (non-hydrogen) atoms. The summed E-state index contributed by atoms with van der Waals surface area (Å²) in [6.45, 7) is 10.5. The Morgan fingerprint density at radius 3 is 2.67 bits per heavy atom. The Hall–Kier alpha value is -2.15. The van der Waals surface area contributed by atoms with Gasteiger partial charge in [0.25, 0.3) is 5.69 Å². The largest absolute Gasteiger partial charge is 0.338 e. The van der Waals surface area contributed by atoms with Crippen molar-refractivity contribution in [3.63, 3.8) is 0 Å². The molecule has 7 nitrogen and oxygen atoms in total. The number of hydrogen-bond acceptors (Lipinski definition) is 4. The van der Waals surface area contributed by atoms with Crippen molar-refractivity contribution in [2.24, 2.45) is 11.8 Å². The minimum Gasteiger partial charge on any atom is -0.338 e. The van der Waals surface area contributed by atoms with Gasteiger partial charge in [0.15, 0.2) is 0 Å². The first kappa shape index (κ1) is 21.2. The second-order valence-corrected chi connectivity index (χ2v) is 7.89. The van der Waals surface area contributed by atoms with Gasteiger partial charge >= 0.3 is 6.03 Å². The Bertz CT molecular complexity index is 627. The van der Waals surface area contributed by atoms with Crippen LogP contribution in [-0.2, 0) is 0 Å². The van der Waals surface area contributed by atoms with Crippen LogP contribution in [0.2, 0.25) is 0 Å². The fourth-order valence-corrected chi connectivity index (χ4v) is 3.88. The Morgan fingerprint density at radius 1 is 1.30 bits per heavy atom. The monoisotopic (exact) mass is 376 g/mol. The molecule has 3 unspecified atom stereocenters. The predicted molar refractivity (Wildman–Crippen MR) is 107 cm³/mol. The van der Waals surface area contributed by atoms with Gasteiger partial charge in [-0.05, 0) is 50.1 Å². The Morgan fingerprint density at radius 2 is 2.00 bits per heavy atom. The van der Waals surface area contributed by atoms with E-state index in [1.54, 1.807) is 12.1 Å². The zero-order chi connectivity index (χ0) is 19.8. The Balaban J connectivity index is 1.64. The maximum atomic E-state index is 12.0. The maximum absolute atomic E-state index is 12.0. The molecular formula is C20H32N4O3. The third-order valence-electron chi connectivity index (χ3n) is 5.06. The highest BCUT2D eigenvalue weighted by Gasteiger charge is 2.21. The van der Waals surface area contributed by atoms with Crippen LogP contribution >= 0.6 is 0 Å². The number of nitrogens with one attached hydrogen (secondary N) is 2. The van der Waals surface area contributed by atoms with Gasteiger partial charge in [-0.1, -0.05) is 26.0 Å². The minimum absolute atomic E-state index is 0.0305. The average molecular weight is 377 g/mol. The molecule has 1 saturated heterocycles. The molecule has 7 heteroatoms. The fraction of sp³-hybridized carbons (Fsp3) is 0.650. The van der Waals surface area contributed by atoms with E-state index in [0.717, 1.165) is 31.2 Å². The number of carbonyl (C=O) groups excluding carboxylic acids is 1. The molecule has 2 N–H and O–H groups in total. The van der Waals surface area contributed by atoms with Crippen molar-refractivity contribution >= 4 is 11.7 Å². The normalized spacial score (nSPS) is 21.4. The van der Waals surface area contributed by atoms with E-state index in [4.69, 9.17) is 0 Å². The van der Waals surface area contributed by atoms with E-state index in [-0.39, 0.29) is 17.8 Å². The number of rotatable bonds is 8. The molecule has 1 heterocycles. The van der Waals surface area contributed by atoms with Crippen LogP contribution in [0.4, 0.5) is 10.5 Å². The van der Waals surface area contributed by atoms with Gasteiger partial charge in [-0.25, -0.2) is 4.79 Å². The molecule has 2 amide bonds. The van der Waals surface area contributed by atoms with Crippen molar-refractivity contribution in [2.75, 3.05) is 26.2 Å². The van der Waals surface area contributed by atoms with Crippen LogP contribution in [0.15, 0.2) is 24.3 Å². The molecule has 0 saturated carbocycles. The number of urea groups is 1. The number of benzene rings is 1. The second kappa shape index (κ2) is 10.3. The number of likely N-dealkylation sites (tertiary alicyclic amines) is 1. The lowest BCUT2D eigenvalue weighted by Gasteiger charge is -2.34. The van der Waals surface area contributed by atoms with Crippen LogP contribution in [0.25, 0.3) is 0 Å². The summed E-state index contributed by atoms with van der Waals surface area (Å²) in [7, 11) is 0. The van der Waals surface area contributed by atoms with Gasteiger partial charge in [-0.2, -0.15) is 0 Å². The van der Waals surface area contributed by atoms with Gasteiger partial charge < -0.3 is 15.5 Å². The van der Waals surface area contributed by atoms with E-state index >= 15 is 0 Å². The Kier molecular flexibility index (Phi) is 8.03. The van der Waals surface area contributed by atoms with Crippen molar-refractivity contribution in [3.05, 3.63) is 39.9 Å². The quantitative estimate of drug-likeness (QED) is 0.411. The summed E-state index contributed by atoms with van der Waals surface area (Å²) in [4.78, 5) is 25.0. The molecule has 150 valence electrons. The smallest absolute Gasteiger partial charge is 0.315 e. The minimum atomic E-state index is -0.430. The molecule has 0 aliphatic carbocycles. The summed E-state index contributed by atoms with van der Waals surface area (Å²) < 4.78 is 0. The van der Waals surface area contributed by atoms with Crippen LogP contribution in [-0.4, -0.2) is 42.0 Å². The van der Waals surface area contributed by atoms with Crippen LogP contribution in [0.3, 0.4) is 0 Å². The molecule has 1 fully saturated rings. The molecule has 1 aliphatic heterocycles. The zero-order valence-corrected chi connectivity index (χ0v) is 16.6. The maximum Gasteiger partial charge on any atom is 0.315 e. The molecule has 0 aromatic heterocycles. The van der Waals surface area contributed by atoms with Crippen molar-refractivity contribution < 1.29 is 9.72 Å². The van der Waals surface area contributed by atoms with Crippen molar-refractivity contribution in [1.82, 2.24) is 15.5 Å². The number of unbranched alkanes of at least 4 members (excludes halogenated alkanes) is 1. The van der Waals surface area contributed by atoms with E-state index in [9.17, 15) is 14.9 Å². The zero-order valence-electron chi connectivity index (χ0n) is 16.6. The first-order valence-electron chi connectivity index (χ1n) is 9.86. The lowest BCUT2D eigenvalue weighted by Crippen LogP contribution is -2.40. The standard InChI is InChI=1S/C20H32N4O3/c1-15-11-16(2)14-23(13-15)10-5-4-9-21-20(25)22-17(3)18-7-6-8-19(12-18)24(26)27/h6-8,12,15-17H,4-5,9-11,13-14H2,1-3H3,(H2,21,22,25). The highest BCUT2D eigenvalue weighted by atomic mass is 16.6. The second-order valence-electron chi connectivity index (χ2n) is 7.89. The van der Waals surface area contributed by atoms with Crippen molar-refractivity contribution in [3.8, 4) is 0 Å². The van der Waals surface area contributed by atoms with Crippen LogP contribution < -0.4 is 10.6 Å². The summed E-state index contributed by atoms with van der Waals surface area (Å²) in [6, 6.07) is 5.81. The van der Waals surface area contributed by atoms with Gasteiger partial charge in [-0.15, -0.1) is 0 Å². The summed E-state index contributed by atoms with van der Waals surface area (Å²) in [5.41, 5.74) is 0.746. The number of nitro groups is 1. The molecule has 1 aliphatic rings. The average Bonchev–Trinajstić information content (AvgIpc) is 2.60. The number of nitrogens with zero attached hydrogens (tertiary/aromatic N) is 2. The highest BCUT2D eigenvalue weighted by Crippen LogP contribution is 2.21. The van der Waals surface area contributed by atoms with Crippen LogP contribution in [0.1, 0.15) is 51.6 Å². The summed E-state index contributed by atoms with van der Waals surface area (Å²) in [5, 5.41) is 16.6. The van der Waals surface area contributed by atoms with Gasteiger partial charge in [0.2, 0.25) is 0 Å². The molecular weight excluding hydrogens is 344 g/mol. The number of piperidine rings is 1. The van der Waals surface area contributed by atoms with E-state index in [2.05, 4.69) is 29.4 Å². The number of carbonyl (C=O) groups is 1. The van der Waals surface area contributed by atoms with Gasteiger partial charge in [0.1, 0.15) is 0 Å². The van der Waals surface area contributed by atoms with Crippen LogP contribution in [0.5, 0.6) is 0 Å². The fourth-order valence-electron chi connectivity index (χ4n) is 3.88. The third kappa shape index (κ3) is 7.17. The van der Waals surface area contributed by atoms with Gasteiger partial charge in [0.05, 0.1) is 11.0 Å². The molecule has 0 spiro atoms. The Labute approximate surface area is 161 Å². The molecule has 1 aromatic rings. The van der Waals surface area contributed by atoms with Gasteiger partial charge in [-0.3, -0.25) is 10.1 Å². The van der Waals surface area contributed by atoms with E-state index < -0.39 is 4.92 Å². The molecule has 1 aromatic carbocycles. The van der Waals surface area contributed by atoms with Gasteiger partial charge in [0, 0.05) is 31.8 Å². The van der Waals surface area contributed by atoms with Crippen molar-refractivity contribution in [2.45, 2.75) is 46.1 Å². The van der Waals surface area contributed by atoms with E-state index in [1.165, 1.54) is 31.6 Å². The lowest BCUT2D eigenvalue weighted by molar-refractivity contribution is -0.384. The predicted octanol–water partition coefficient (Wildman–Crippen LogP) is 3.71. The SMILES string of the molecule is CC1CC(C)CN(CCCCNC(=O)NC(C)c2cccc([N+](=O)[O-])c2)C1. The van der Waals surface area contributed by atoms with Crippen LogP contribution in [0, 0.1) is 22.0 Å². The summed E-state index contributed by atoms with van der Waals surface area (Å²) >= 11 is 0. The third-order valence-corrected chi connectivity index (χ3v) is 5.06. The first-order valence-corrected chi connectivity index (χ1v) is 9.86. The molecule has 0 radical (unpaired) electrons. The molecule has 2 rings (SSSR count). The summed E-state index contributed by atoms with van der Waals surface area (Å²) in [5.74, 6) is 1.54.